The molecule has 0 aliphatic carbocycles. The Labute approximate surface area is 157 Å². The summed E-state index contributed by atoms with van der Waals surface area (Å²) in [4.78, 5) is 4.39. The van der Waals surface area contributed by atoms with Crippen molar-refractivity contribution in [3.05, 3.63) is 28.8 Å². The highest BCUT2D eigenvalue weighted by Crippen LogP contribution is 2.25. The molecule has 148 valence electrons. The highest BCUT2D eigenvalue weighted by molar-refractivity contribution is 6.30. The van der Waals surface area contributed by atoms with E-state index in [1.54, 1.807) is 13.2 Å². The van der Waals surface area contributed by atoms with Gasteiger partial charge in [0.15, 0.2) is 5.96 Å². The maximum atomic E-state index is 12.5. The molecule has 0 aromatic heterocycles. The van der Waals surface area contributed by atoms with Gasteiger partial charge in [-0.1, -0.05) is 11.6 Å². The summed E-state index contributed by atoms with van der Waals surface area (Å²) in [6.45, 7) is 2.27. The van der Waals surface area contributed by atoms with Gasteiger partial charge >= 0.3 is 6.61 Å². The Hall–Kier alpha value is -1.64. The molecule has 0 bridgehead atoms. The fraction of sp³-hybridized carbons (Fsp3) is 0.588. The Bertz CT molecular complexity index is 548. The van der Waals surface area contributed by atoms with Crippen molar-refractivity contribution >= 4 is 17.6 Å². The number of guanidine groups is 1. The number of hydrogen-bond donors (Lipinski definition) is 2. The van der Waals surface area contributed by atoms with Crippen molar-refractivity contribution in [3.8, 4) is 5.75 Å². The second kappa shape index (κ2) is 13.5. The van der Waals surface area contributed by atoms with Crippen LogP contribution in [-0.4, -0.2) is 52.6 Å². The van der Waals surface area contributed by atoms with Crippen LogP contribution in [-0.2, 0) is 16.0 Å². The molecule has 0 aliphatic rings. The summed E-state index contributed by atoms with van der Waals surface area (Å²) in [7, 11) is 1.63. The van der Waals surface area contributed by atoms with Gasteiger partial charge in [0.25, 0.3) is 0 Å². The Morgan fingerprint density at radius 3 is 2.73 bits per heavy atom. The SMILES string of the molecule is CCNC(=NCc1cc(Cl)ccc1OC(F)F)NCCCOCCOC. The molecule has 0 unspecified atom stereocenters. The molecule has 26 heavy (non-hydrogen) atoms. The average Bonchev–Trinajstić information content (AvgIpc) is 2.60. The molecule has 0 heterocycles. The molecule has 2 N–H and O–H groups in total. The molecular formula is C17H26ClF2N3O3. The highest BCUT2D eigenvalue weighted by Gasteiger charge is 2.10. The van der Waals surface area contributed by atoms with Gasteiger partial charge in [0.2, 0.25) is 0 Å². The van der Waals surface area contributed by atoms with Gasteiger partial charge in [0.1, 0.15) is 5.75 Å². The molecule has 1 aromatic carbocycles. The van der Waals surface area contributed by atoms with Gasteiger partial charge in [-0.25, -0.2) is 4.99 Å². The van der Waals surface area contributed by atoms with Gasteiger partial charge in [-0.2, -0.15) is 8.78 Å². The standard InChI is InChI=1S/C17H26ClF2N3O3/c1-3-21-17(22-7-4-8-25-10-9-24-2)23-12-13-11-14(18)5-6-15(13)26-16(19)20/h5-6,11,16H,3-4,7-10,12H2,1-2H3,(H2,21,22,23). The maximum Gasteiger partial charge on any atom is 0.387 e. The van der Waals surface area contributed by atoms with Crippen molar-refractivity contribution in [2.24, 2.45) is 4.99 Å². The zero-order chi connectivity index (χ0) is 19.2. The summed E-state index contributed by atoms with van der Waals surface area (Å²) in [5.74, 6) is 0.642. The van der Waals surface area contributed by atoms with Gasteiger partial charge in [-0.15, -0.1) is 0 Å². The molecule has 0 radical (unpaired) electrons. The third kappa shape index (κ3) is 9.74. The van der Waals surface area contributed by atoms with Crippen LogP contribution < -0.4 is 15.4 Å². The van der Waals surface area contributed by atoms with E-state index in [9.17, 15) is 8.78 Å². The first-order valence-corrected chi connectivity index (χ1v) is 8.76. The van der Waals surface area contributed by atoms with Crippen molar-refractivity contribution in [2.75, 3.05) is 40.0 Å². The number of hydrogen-bond acceptors (Lipinski definition) is 4. The van der Waals surface area contributed by atoms with E-state index in [4.69, 9.17) is 21.1 Å². The fourth-order valence-electron chi connectivity index (χ4n) is 2.01. The van der Waals surface area contributed by atoms with Crippen LogP contribution in [0, 0.1) is 0 Å². The lowest BCUT2D eigenvalue weighted by Gasteiger charge is -2.13. The molecule has 0 saturated carbocycles. The van der Waals surface area contributed by atoms with E-state index in [-0.39, 0.29) is 12.3 Å². The number of aliphatic imine (C=N–C) groups is 1. The molecule has 0 saturated heterocycles. The lowest BCUT2D eigenvalue weighted by Crippen LogP contribution is -2.38. The van der Waals surface area contributed by atoms with E-state index >= 15 is 0 Å². The van der Waals surface area contributed by atoms with Gasteiger partial charge < -0.3 is 24.8 Å². The van der Waals surface area contributed by atoms with Crippen LogP contribution in [0.3, 0.4) is 0 Å². The molecule has 1 aromatic rings. The minimum atomic E-state index is -2.90. The minimum Gasteiger partial charge on any atom is -0.434 e. The molecule has 9 heteroatoms. The van der Waals surface area contributed by atoms with E-state index in [1.165, 1.54) is 12.1 Å². The molecule has 1 rings (SSSR count). The summed E-state index contributed by atoms with van der Waals surface area (Å²) in [5, 5.41) is 6.69. The number of ether oxygens (including phenoxy) is 3. The third-order valence-electron chi connectivity index (χ3n) is 3.18. The van der Waals surface area contributed by atoms with Crippen LogP contribution in [0.2, 0.25) is 5.02 Å². The third-order valence-corrected chi connectivity index (χ3v) is 3.42. The molecule has 0 aliphatic heterocycles. The fourth-order valence-corrected chi connectivity index (χ4v) is 2.21. The lowest BCUT2D eigenvalue weighted by molar-refractivity contribution is -0.0504. The van der Waals surface area contributed by atoms with E-state index in [0.717, 1.165) is 6.42 Å². The van der Waals surface area contributed by atoms with Crippen LogP contribution in [0.15, 0.2) is 23.2 Å². The first-order valence-electron chi connectivity index (χ1n) is 8.39. The summed E-state index contributed by atoms with van der Waals surface area (Å²) >= 11 is 5.94. The summed E-state index contributed by atoms with van der Waals surface area (Å²) in [6, 6.07) is 4.48. The largest absolute Gasteiger partial charge is 0.434 e. The van der Waals surface area contributed by atoms with E-state index in [1.807, 2.05) is 6.92 Å². The Morgan fingerprint density at radius 2 is 2.04 bits per heavy atom. The zero-order valence-electron chi connectivity index (χ0n) is 15.1. The Balaban J connectivity index is 2.56. The highest BCUT2D eigenvalue weighted by atomic mass is 35.5. The van der Waals surface area contributed by atoms with Gasteiger partial charge in [-0.3, -0.25) is 0 Å². The van der Waals surface area contributed by atoms with Crippen molar-refractivity contribution in [2.45, 2.75) is 26.5 Å². The number of methoxy groups -OCH3 is 1. The molecular weight excluding hydrogens is 368 g/mol. The summed E-state index contributed by atoms with van der Waals surface area (Å²) in [6.07, 6.45) is 0.797. The first kappa shape index (κ1) is 22.4. The molecule has 0 fully saturated rings. The van der Waals surface area contributed by atoms with E-state index in [2.05, 4.69) is 20.4 Å². The van der Waals surface area contributed by atoms with Crippen molar-refractivity contribution in [1.29, 1.82) is 0 Å². The van der Waals surface area contributed by atoms with E-state index in [0.29, 0.717) is 49.5 Å². The quantitative estimate of drug-likeness (QED) is 0.324. The predicted molar refractivity (Wildman–Crippen MR) is 98.2 cm³/mol. The number of nitrogens with one attached hydrogen (secondary N) is 2. The van der Waals surface area contributed by atoms with E-state index < -0.39 is 6.61 Å². The second-order valence-corrected chi connectivity index (χ2v) is 5.65. The van der Waals surface area contributed by atoms with Crippen LogP contribution >= 0.6 is 11.6 Å². The van der Waals surface area contributed by atoms with Crippen LogP contribution in [0.4, 0.5) is 8.78 Å². The average molecular weight is 394 g/mol. The van der Waals surface area contributed by atoms with Gasteiger partial charge in [0.05, 0.1) is 19.8 Å². The second-order valence-electron chi connectivity index (χ2n) is 5.21. The summed E-state index contributed by atoms with van der Waals surface area (Å²) < 4.78 is 39.8. The number of halogens is 3. The topological polar surface area (TPSA) is 64.1 Å². The number of rotatable bonds is 12. The van der Waals surface area contributed by atoms with Crippen molar-refractivity contribution in [1.82, 2.24) is 10.6 Å². The zero-order valence-corrected chi connectivity index (χ0v) is 15.8. The minimum absolute atomic E-state index is 0.0653. The smallest absolute Gasteiger partial charge is 0.387 e. The summed E-state index contributed by atoms with van der Waals surface area (Å²) in [5.41, 5.74) is 0.484. The molecule has 0 spiro atoms. The number of nitrogens with zero attached hydrogens (tertiary/aromatic N) is 1. The lowest BCUT2D eigenvalue weighted by atomic mass is 10.2. The van der Waals surface area contributed by atoms with Crippen LogP contribution in [0.25, 0.3) is 0 Å². The Kier molecular flexibility index (Phi) is 11.7. The predicted octanol–water partition coefficient (Wildman–Crippen LogP) is 3.05. The monoisotopic (exact) mass is 393 g/mol. The Morgan fingerprint density at radius 1 is 1.23 bits per heavy atom. The van der Waals surface area contributed by atoms with Crippen molar-refractivity contribution in [3.63, 3.8) is 0 Å². The molecule has 6 nitrogen and oxygen atoms in total. The van der Waals surface area contributed by atoms with Crippen LogP contribution in [0.1, 0.15) is 18.9 Å². The maximum absolute atomic E-state index is 12.5. The van der Waals surface area contributed by atoms with Gasteiger partial charge in [-0.05, 0) is 31.5 Å². The van der Waals surface area contributed by atoms with Gasteiger partial charge in [0, 0.05) is 37.4 Å². The molecule has 0 amide bonds. The number of alkyl halides is 2. The first-order chi connectivity index (χ1) is 12.6. The van der Waals surface area contributed by atoms with Crippen LogP contribution in [0.5, 0.6) is 5.75 Å². The van der Waals surface area contributed by atoms with Crippen molar-refractivity contribution < 1.29 is 23.0 Å². The molecule has 0 atom stereocenters. The normalized spacial score (nSPS) is 11.7. The number of benzene rings is 1.